The zero-order valence-electron chi connectivity index (χ0n) is 16.4. The molecular weight excluding hydrogens is 386 g/mol. The Labute approximate surface area is 171 Å². The van der Waals surface area contributed by atoms with Gasteiger partial charge in [-0.3, -0.25) is 14.6 Å². The van der Waals surface area contributed by atoms with Gasteiger partial charge in [-0.05, 0) is 38.1 Å². The van der Waals surface area contributed by atoms with Crippen LogP contribution >= 0.6 is 0 Å². The SMILES string of the molecule is Cc1nc(-n2nc(-c3ccco3)cc2NC(=O)COc2ccccc2)[nH]c(=O)c1C. The van der Waals surface area contributed by atoms with Crippen LogP contribution in [0.4, 0.5) is 5.82 Å². The van der Waals surface area contributed by atoms with E-state index < -0.39 is 5.91 Å². The van der Waals surface area contributed by atoms with Crippen molar-refractivity contribution >= 4 is 11.7 Å². The largest absolute Gasteiger partial charge is 0.484 e. The number of H-pyrrole nitrogens is 1. The summed E-state index contributed by atoms with van der Waals surface area (Å²) in [4.78, 5) is 31.7. The van der Waals surface area contributed by atoms with Crippen molar-refractivity contribution in [3.8, 4) is 23.2 Å². The number of aromatic nitrogens is 4. The maximum atomic E-state index is 12.5. The number of benzene rings is 1. The number of rotatable bonds is 6. The zero-order valence-corrected chi connectivity index (χ0v) is 16.4. The molecule has 152 valence electrons. The highest BCUT2D eigenvalue weighted by atomic mass is 16.5. The number of anilines is 1. The van der Waals surface area contributed by atoms with Gasteiger partial charge in [-0.1, -0.05) is 18.2 Å². The van der Waals surface area contributed by atoms with E-state index in [4.69, 9.17) is 9.15 Å². The third-order valence-electron chi connectivity index (χ3n) is 4.45. The molecule has 0 saturated heterocycles. The maximum absolute atomic E-state index is 12.5. The molecule has 0 bridgehead atoms. The molecule has 9 nitrogen and oxygen atoms in total. The number of aromatic amines is 1. The minimum atomic E-state index is -0.392. The van der Waals surface area contributed by atoms with Gasteiger partial charge in [0.15, 0.2) is 12.4 Å². The highest BCUT2D eigenvalue weighted by molar-refractivity contribution is 5.91. The van der Waals surface area contributed by atoms with Crippen LogP contribution in [0.3, 0.4) is 0 Å². The quantitative estimate of drug-likeness (QED) is 0.510. The number of nitrogens with one attached hydrogen (secondary N) is 2. The predicted molar refractivity (Wildman–Crippen MR) is 110 cm³/mol. The van der Waals surface area contributed by atoms with Gasteiger partial charge in [0.25, 0.3) is 11.5 Å². The molecule has 0 atom stereocenters. The Balaban J connectivity index is 1.64. The number of amides is 1. The van der Waals surface area contributed by atoms with Gasteiger partial charge in [0.1, 0.15) is 17.3 Å². The van der Waals surface area contributed by atoms with Crippen LogP contribution in [0.15, 0.2) is 64.0 Å². The van der Waals surface area contributed by atoms with Crippen LogP contribution in [0.2, 0.25) is 0 Å². The van der Waals surface area contributed by atoms with Crippen molar-refractivity contribution in [2.24, 2.45) is 0 Å². The number of carbonyl (C=O) groups is 1. The third-order valence-corrected chi connectivity index (χ3v) is 4.45. The van der Waals surface area contributed by atoms with E-state index >= 15 is 0 Å². The van der Waals surface area contributed by atoms with Crippen molar-refractivity contribution in [3.63, 3.8) is 0 Å². The van der Waals surface area contributed by atoms with E-state index in [0.717, 1.165) is 0 Å². The third kappa shape index (κ3) is 4.00. The molecule has 3 heterocycles. The fourth-order valence-electron chi connectivity index (χ4n) is 2.75. The zero-order chi connectivity index (χ0) is 21.1. The second kappa shape index (κ2) is 8.08. The molecule has 0 aliphatic rings. The number of hydrogen-bond donors (Lipinski definition) is 2. The fraction of sp³-hybridized carbons (Fsp3) is 0.143. The molecule has 4 rings (SSSR count). The Kier molecular flexibility index (Phi) is 5.17. The lowest BCUT2D eigenvalue weighted by atomic mass is 10.3. The first kappa shape index (κ1) is 19.2. The minimum absolute atomic E-state index is 0.181. The van der Waals surface area contributed by atoms with E-state index in [0.29, 0.717) is 34.3 Å². The smallest absolute Gasteiger partial charge is 0.263 e. The Morgan fingerprint density at radius 2 is 2.00 bits per heavy atom. The summed E-state index contributed by atoms with van der Waals surface area (Å²) in [5.41, 5.74) is 1.27. The summed E-state index contributed by atoms with van der Waals surface area (Å²) in [6.45, 7) is 3.23. The van der Waals surface area contributed by atoms with Gasteiger partial charge in [0.05, 0.1) is 6.26 Å². The highest BCUT2D eigenvalue weighted by Crippen LogP contribution is 2.24. The number of hydrogen-bond acceptors (Lipinski definition) is 6. The summed E-state index contributed by atoms with van der Waals surface area (Å²) in [5, 5.41) is 7.19. The van der Waals surface area contributed by atoms with Crippen molar-refractivity contribution in [2.45, 2.75) is 13.8 Å². The van der Waals surface area contributed by atoms with Crippen molar-refractivity contribution in [1.29, 1.82) is 0 Å². The van der Waals surface area contributed by atoms with E-state index in [1.807, 2.05) is 18.2 Å². The van der Waals surface area contributed by atoms with Crippen LogP contribution in [0.25, 0.3) is 17.4 Å². The number of para-hydroxylation sites is 1. The van der Waals surface area contributed by atoms with E-state index in [1.54, 1.807) is 44.2 Å². The second-order valence-corrected chi connectivity index (χ2v) is 6.55. The van der Waals surface area contributed by atoms with E-state index in [9.17, 15) is 9.59 Å². The van der Waals surface area contributed by atoms with Crippen LogP contribution in [0.1, 0.15) is 11.3 Å². The molecule has 1 amide bonds. The lowest BCUT2D eigenvalue weighted by Crippen LogP contribution is -2.23. The highest BCUT2D eigenvalue weighted by Gasteiger charge is 2.18. The summed E-state index contributed by atoms with van der Waals surface area (Å²) in [6, 6.07) is 14.1. The van der Waals surface area contributed by atoms with Crippen LogP contribution in [-0.2, 0) is 4.79 Å². The van der Waals surface area contributed by atoms with Gasteiger partial charge in [-0.15, -0.1) is 0 Å². The standard InChI is InChI=1S/C21H19N5O4/c1-13-14(2)22-21(24-20(13)28)26-18(11-16(25-26)17-9-6-10-29-17)23-19(27)12-30-15-7-4-3-5-8-15/h3-11H,12H2,1-2H3,(H,23,27)(H,22,24,28). The topological polar surface area (TPSA) is 115 Å². The summed E-state index contributed by atoms with van der Waals surface area (Å²) in [7, 11) is 0. The molecule has 0 aliphatic heterocycles. The number of furan rings is 1. The molecule has 0 fully saturated rings. The average Bonchev–Trinajstić information content (AvgIpc) is 3.41. The van der Waals surface area contributed by atoms with Crippen molar-refractivity contribution in [2.75, 3.05) is 11.9 Å². The van der Waals surface area contributed by atoms with Crippen molar-refractivity contribution < 1.29 is 13.9 Å². The molecule has 9 heteroatoms. The van der Waals surface area contributed by atoms with Crippen LogP contribution in [0.5, 0.6) is 5.75 Å². The van der Waals surface area contributed by atoms with Gasteiger partial charge in [0.2, 0.25) is 5.95 Å². The fourth-order valence-corrected chi connectivity index (χ4v) is 2.75. The molecule has 0 aliphatic carbocycles. The summed E-state index contributed by atoms with van der Waals surface area (Å²) < 4.78 is 12.2. The first-order valence-electron chi connectivity index (χ1n) is 9.21. The molecule has 4 aromatic rings. The van der Waals surface area contributed by atoms with Gasteiger partial charge in [-0.25, -0.2) is 4.98 Å². The molecule has 1 aromatic carbocycles. The van der Waals surface area contributed by atoms with Crippen LogP contribution < -0.4 is 15.6 Å². The second-order valence-electron chi connectivity index (χ2n) is 6.55. The summed E-state index contributed by atoms with van der Waals surface area (Å²) >= 11 is 0. The van der Waals surface area contributed by atoms with Crippen LogP contribution in [0, 0.1) is 13.8 Å². The number of aryl methyl sites for hydroxylation is 1. The first-order chi connectivity index (χ1) is 14.5. The lowest BCUT2D eigenvalue weighted by Gasteiger charge is -2.10. The van der Waals surface area contributed by atoms with Crippen molar-refractivity contribution in [1.82, 2.24) is 19.7 Å². The lowest BCUT2D eigenvalue weighted by molar-refractivity contribution is -0.118. The molecule has 0 spiro atoms. The normalized spacial score (nSPS) is 10.7. The average molecular weight is 405 g/mol. The van der Waals surface area contributed by atoms with Gasteiger partial charge in [-0.2, -0.15) is 9.78 Å². The molecule has 30 heavy (non-hydrogen) atoms. The number of ether oxygens (including phenoxy) is 1. The minimum Gasteiger partial charge on any atom is -0.484 e. The van der Waals surface area contributed by atoms with Gasteiger partial charge >= 0.3 is 0 Å². The van der Waals surface area contributed by atoms with Crippen molar-refractivity contribution in [3.05, 3.63) is 76.4 Å². The monoisotopic (exact) mass is 405 g/mol. The van der Waals surface area contributed by atoms with Gasteiger partial charge < -0.3 is 14.5 Å². The number of carbonyl (C=O) groups excluding carboxylic acids is 1. The maximum Gasteiger partial charge on any atom is 0.263 e. The Hall–Kier alpha value is -4.14. The predicted octanol–water partition coefficient (Wildman–Crippen LogP) is 2.85. The molecule has 0 saturated carbocycles. The molecule has 2 N–H and O–H groups in total. The van der Waals surface area contributed by atoms with Crippen LogP contribution in [-0.4, -0.2) is 32.3 Å². The molecule has 3 aromatic heterocycles. The molecule has 0 unspecified atom stereocenters. The molecule has 0 radical (unpaired) electrons. The van der Waals surface area contributed by atoms with Gasteiger partial charge in [0, 0.05) is 17.3 Å². The Morgan fingerprint density at radius 1 is 1.20 bits per heavy atom. The number of nitrogens with zero attached hydrogens (tertiary/aromatic N) is 3. The van der Waals surface area contributed by atoms with E-state index in [-0.39, 0.29) is 18.1 Å². The summed E-state index contributed by atoms with van der Waals surface area (Å²) in [5.74, 6) is 1.19. The Bertz CT molecular complexity index is 1230. The van der Waals surface area contributed by atoms with E-state index in [2.05, 4.69) is 20.4 Å². The summed E-state index contributed by atoms with van der Waals surface area (Å²) in [6.07, 6.45) is 1.52. The first-order valence-corrected chi connectivity index (χ1v) is 9.21. The Morgan fingerprint density at radius 3 is 2.70 bits per heavy atom. The van der Waals surface area contributed by atoms with E-state index in [1.165, 1.54) is 10.9 Å². The molecular formula is C21H19N5O4.